The van der Waals surface area contributed by atoms with E-state index in [-0.39, 0.29) is 0 Å². The highest BCUT2D eigenvalue weighted by Crippen LogP contribution is 2.21. The van der Waals surface area contributed by atoms with Gasteiger partial charge in [-0.15, -0.1) is 0 Å². The van der Waals surface area contributed by atoms with Gasteiger partial charge < -0.3 is 0 Å². The summed E-state index contributed by atoms with van der Waals surface area (Å²) in [5.41, 5.74) is 5.27. The molecule has 0 unspecified atom stereocenters. The third-order valence-electron chi connectivity index (χ3n) is 5.08. The minimum absolute atomic E-state index is 0.907. The van der Waals surface area contributed by atoms with Crippen LogP contribution in [-0.2, 0) is 20.1 Å². The van der Waals surface area contributed by atoms with Crippen LogP contribution in [0, 0.1) is 0 Å². The van der Waals surface area contributed by atoms with Gasteiger partial charge in [0.05, 0.1) is 13.7 Å². The van der Waals surface area contributed by atoms with Crippen molar-refractivity contribution < 1.29 is 4.57 Å². The summed E-state index contributed by atoms with van der Waals surface area (Å²) in [5, 5.41) is 0. The Hall–Kier alpha value is -2.43. The number of aromatic nitrogens is 2. The number of likely N-dealkylation sites (N-methyl/N-ethyl adjacent to an activating group) is 1. The summed E-state index contributed by atoms with van der Waals surface area (Å²) >= 11 is 0. The van der Waals surface area contributed by atoms with Crippen LogP contribution in [-0.4, -0.2) is 41.2 Å². The molecule has 3 aromatic rings. The summed E-state index contributed by atoms with van der Waals surface area (Å²) in [5.74, 6) is 0. The Morgan fingerprint density at radius 3 is 1.96 bits per heavy atom. The van der Waals surface area contributed by atoms with Crippen molar-refractivity contribution in [3.8, 4) is 11.1 Å². The van der Waals surface area contributed by atoms with E-state index in [0.29, 0.717) is 0 Å². The molecule has 0 amide bonds. The molecule has 134 valence electrons. The fourth-order valence-corrected chi connectivity index (χ4v) is 3.59. The van der Waals surface area contributed by atoms with Crippen LogP contribution in [0.4, 0.5) is 0 Å². The van der Waals surface area contributed by atoms with E-state index in [4.69, 9.17) is 0 Å². The van der Waals surface area contributed by atoms with E-state index in [2.05, 4.69) is 93.2 Å². The van der Waals surface area contributed by atoms with Gasteiger partial charge in [-0.1, -0.05) is 48.5 Å². The Labute approximate surface area is 155 Å². The van der Waals surface area contributed by atoms with Crippen LogP contribution < -0.4 is 4.57 Å². The number of aryl methyl sites for hydroxylation is 1. The standard InChI is InChI=1S/C22H27N4/c1-23-11-13-25(17-23)15-19-3-7-21(8-4-19)22-9-5-20(6-10-22)16-26-14-12-24(2)18-26/h3-11,13,17H,12,14-16,18H2,1-2H3/q+1. The summed E-state index contributed by atoms with van der Waals surface area (Å²) in [4.78, 5) is 4.86. The maximum atomic E-state index is 2.49. The van der Waals surface area contributed by atoms with E-state index in [1.54, 1.807) is 0 Å². The lowest BCUT2D eigenvalue weighted by Crippen LogP contribution is -2.23. The topological polar surface area (TPSA) is 15.3 Å². The molecule has 4 heteroatoms. The minimum Gasteiger partial charge on any atom is -0.292 e. The van der Waals surface area contributed by atoms with Gasteiger partial charge in [-0.2, -0.15) is 0 Å². The third-order valence-corrected chi connectivity index (χ3v) is 5.08. The highest BCUT2D eigenvalue weighted by Gasteiger charge is 2.16. The van der Waals surface area contributed by atoms with E-state index in [1.165, 1.54) is 35.3 Å². The second-order valence-electron chi connectivity index (χ2n) is 7.42. The third kappa shape index (κ3) is 4.03. The van der Waals surface area contributed by atoms with E-state index >= 15 is 0 Å². The van der Waals surface area contributed by atoms with Crippen LogP contribution in [0.3, 0.4) is 0 Å². The first-order valence-electron chi connectivity index (χ1n) is 9.26. The molecule has 2 aromatic carbocycles. The number of hydrogen-bond donors (Lipinski definition) is 0. The maximum absolute atomic E-state index is 2.49. The molecule has 4 nitrogen and oxygen atoms in total. The van der Waals surface area contributed by atoms with Crippen molar-refractivity contribution >= 4 is 0 Å². The summed E-state index contributed by atoms with van der Waals surface area (Å²) in [6, 6.07) is 17.9. The lowest BCUT2D eigenvalue weighted by molar-refractivity contribution is -0.671. The molecule has 1 aromatic heterocycles. The zero-order chi connectivity index (χ0) is 17.9. The SMILES string of the molecule is CN1CCN(Cc2ccc(-c3ccc(Cn4cc[n+](C)c4)cc3)cc2)C1. The zero-order valence-electron chi connectivity index (χ0n) is 15.7. The number of imidazole rings is 1. The van der Waals surface area contributed by atoms with Crippen LogP contribution in [0.15, 0.2) is 67.3 Å². The molecule has 0 saturated carbocycles. The van der Waals surface area contributed by atoms with Crippen LogP contribution in [0.1, 0.15) is 11.1 Å². The molecule has 26 heavy (non-hydrogen) atoms. The average Bonchev–Trinajstić information content (AvgIpc) is 3.24. The molecule has 0 aliphatic carbocycles. The molecule has 0 radical (unpaired) electrons. The van der Waals surface area contributed by atoms with Gasteiger partial charge in [0.25, 0.3) is 0 Å². The highest BCUT2D eigenvalue weighted by atomic mass is 15.4. The monoisotopic (exact) mass is 347 g/mol. The Kier molecular flexibility index (Phi) is 4.87. The average molecular weight is 347 g/mol. The van der Waals surface area contributed by atoms with Gasteiger partial charge in [-0.25, -0.2) is 9.13 Å². The second kappa shape index (κ2) is 7.44. The number of hydrogen-bond acceptors (Lipinski definition) is 2. The van der Waals surface area contributed by atoms with Gasteiger partial charge in [-0.05, 0) is 29.3 Å². The van der Waals surface area contributed by atoms with Crippen LogP contribution in [0.2, 0.25) is 0 Å². The van der Waals surface area contributed by atoms with Gasteiger partial charge in [0.2, 0.25) is 6.33 Å². The van der Waals surface area contributed by atoms with Gasteiger partial charge in [0, 0.05) is 19.6 Å². The van der Waals surface area contributed by atoms with Crippen molar-refractivity contribution in [2.45, 2.75) is 13.1 Å². The normalized spacial score (nSPS) is 15.6. The lowest BCUT2D eigenvalue weighted by Gasteiger charge is -2.15. The van der Waals surface area contributed by atoms with E-state index in [9.17, 15) is 0 Å². The minimum atomic E-state index is 0.907. The van der Waals surface area contributed by atoms with Crippen molar-refractivity contribution in [2.75, 3.05) is 26.8 Å². The van der Waals surface area contributed by atoms with Gasteiger partial charge in [0.1, 0.15) is 18.9 Å². The van der Waals surface area contributed by atoms with Gasteiger partial charge in [0.15, 0.2) is 0 Å². The quantitative estimate of drug-likeness (QED) is 0.660. The van der Waals surface area contributed by atoms with Gasteiger partial charge >= 0.3 is 0 Å². The molecule has 4 rings (SSSR count). The predicted octanol–water partition coefficient (Wildman–Crippen LogP) is 2.73. The van der Waals surface area contributed by atoms with Gasteiger partial charge in [-0.3, -0.25) is 9.80 Å². The fraction of sp³-hybridized carbons (Fsp3) is 0.318. The predicted molar refractivity (Wildman–Crippen MR) is 104 cm³/mol. The summed E-state index contributed by atoms with van der Waals surface area (Å²) in [7, 11) is 4.23. The van der Waals surface area contributed by atoms with Crippen molar-refractivity contribution in [2.24, 2.45) is 7.05 Å². The van der Waals surface area contributed by atoms with Crippen molar-refractivity contribution in [1.82, 2.24) is 14.4 Å². The highest BCUT2D eigenvalue weighted by molar-refractivity contribution is 5.63. The molecule has 1 saturated heterocycles. The van der Waals surface area contributed by atoms with Crippen molar-refractivity contribution in [3.63, 3.8) is 0 Å². The Morgan fingerprint density at radius 2 is 1.46 bits per heavy atom. The second-order valence-corrected chi connectivity index (χ2v) is 7.42. The lowest BCUT2D eigenvalue weighted by atomic mass is 10.0. The number of benzene rings is 2. The largest absolute Gasteiger partial charge is 0.292 e. The molecule has 1 aliphatic heterocycles. The molecular weight excluding hydrogens is 320 g/mol. The molecule has 0 spiro atoms. The zero-order valence-corrected chi connectivity index (χ0v) is 15.7. The molecule has 1 fully saturated rings. The molecule has 0 N–H and O–H groups in total. The van der Waals surface area contributed by atoms with Crippen LogP contribution in [0.25, 0.3) is 11.1 Å². The first-order chi connectivity index (χ1) is 12.7. The van der Waals surface area contributed by atoms with E-state index < -0.39 is 0 Å². The summed E-state index contributed by atoms with van der Waals surface area (Å²) < 4.78 is 4.26. The fourth-order valence-electron chi connectivity index (χ4n) is 3.59. The molecule has 2 heterocycles. The van der Waals surface area contributed by atoms with Crippen molar-refractivity contribution in [1.29, 1.82) is 0 Å². The summed E-state index contributed by atoms with van der Waals surface area (Å²) in [6.45, 7) is 5.36. The molecule has 0 bridgehead atoms. The molecular formula is C22H27N4+. The summed E-state index contributed by atoms with van der Waals surface area (Å²) in [6.07, 6.45) is 6.27. The molecule has 1 aliphatic rings. The first kappa shape index (κ1) is 17.0. The molecule has 0 atom stereocenters. The Balaban J connectivity index is 1.40. The van der Waals surface area contributed by atoms with Crippen molar-refractivity contribution in [3.05, 3.63) is 78.4 Å². The van der Waals surface area contributed by atoms with Crippen LogP contribution >= 0.6 is 0 Å². The Bertz CT molecular complexity index is 849. The van der Waals surface area contributed by atoms with E-state index in [1.807, 2.05) is 7.05 Å². The smallest absolute Gasteiger partial charge is 0.243 e. The number of rotatable bonds is 5. The van der Waals surface area contributed by atoms with Crippen LogP contribution in [0.5, 0.6) is 0 Å². The van der Waals surface area contributed by atoms with E-state index in [0.717, 1.165) is 19.8 Å². The first-order valence-corrected chi connectivity index (χ1v) is 9.26. The number of nitrogens with zero attached hydrogens (tertiary/aromatic N) is 4. The Morgan fingerprint density at radius 1 is 0.846 bits per heavy atom. The maximum Gasteiger partial charge on any atom is 0.243 e.